The first-order chi connectivity index (χ1) is 8.86. The van der Waals surface area contributed by atoms with Crippen molar-refractivity contribution in [2.75, 3.05) is 13.7 Å². The number of halogens is 4. The maximum atomic E-state index is 13.4. The molecule has 1 aromatic rings. The lowest BCUT2D eigenvalue weighted by molar-refractivity contribution is -0.139. The van der Waals surface area contributed by atoms with Gasteiger partial charge in [0.15, 0.2) is 0 Å². The van der Waals surface area contributed by atoms with E-state index in [1.165, 1.54) is 7.11 Å². The molecule has 0 bridgehead atoms. The minimum atomic E-state index is -0.938. The lowest BCUT2D eigenvalue weighted by Crippen LogP contribution is -2.34. The molecule has 0 aliphatic carbocycles. The van der Waals surface area contributed by atoms with Crippen molar-refractivity contribution in [2.24, 2.45) is 0 Å². The summed E-state index contributed by atoms with van der Waals surface area (Å²) >= 11 is 7.13. The molecule has 1 N–H and O–H groups in total. The molecule has 0 aliphatic rings. The molecule has 0 heterocycles. The first kappa shape index (κ1) is 16.1. The molecule has 104 valence electrons. The second-order valence-electron chi connectivity index (χ2n) is 3.45. The highest BCUT2D eigenvalue weighted by Crippen LogP contribution is 2.19. The summed E-state index contributed by atoms with van der Waals surface area (Å²) in [6.07, 6.45) is 0. The van der Waals surface area contributed by atoms with Gasteiger partial charge in [0.05, 0.1) is 17.7 Å². The van der Waals surface area contributed by atoms with E-state index >= 15 is 0 Å². The van der Waals surface area contributed by atoms with Gasteiger partial charge in [0.2, 0.25) is 0 Å². The molecule has 1 rings (SSSR count). The fourth-order valence-corrected chi connectivity index (χ4v) is 1.81. The Morgan fingerprint density at radius 3 is 2.63 bits per heavy atom. The number of alkyl halides is 1. The number of hydrogen-bond donors (Lipinski definition) is 1. The predicted molar refractivity (Wildman–Crippen MR) is 73.5 cm³/mol. The second kappa shape index (κ2) is 6.99. The van der Waals surface area contributed by atoms with E-state index in [1.54, 1.807) is 22.6 Å². The van der Waals surface area contributed by atoms with Gasteiger partial charge < -0.3 is 10.1 Å². The van der Waals surface area contributed by atoms with Crippen LogP contribution in [-0.2, 0) is 9.53 Å². The predicted octanol–water partition coefficient (Wildman–Crippen LogP) is 2.32. The summed E-state index contributed by atoms with van der Waals surface area (Å²) in [7, 11) is 1.21. The van der Waals surface area contributed by atoms with Crippen LogP contribution in [0, 0.1) is 11.6 Å². The van der Waals surface area contributed by atoms with Crippen molar-refractivity contribution >= 4 is 46.1 Å². The van der Waals surface area contributed by atoms with Crippen molar-refractivity contribution in [1.29, 1.82) is 0 Å². The zero-order chi connectivity index (χ0) is 14.6. The lowest BCUT2D eigenvalue weighted by Gasteiger charge is -2.10. The van der Waals surface area contributed by atoms with Gasteiger partial charge in [-0.25, -0.2) is 8.78 Å². The molecule has 1 amide bonds. The molecular weight excluding hydrogens is 394 g/mol. The number of ether oxygens (including phenoxy) is 1. The molecule has 19 heavy (non-hydrogen) atoms. The van der Waals surface area contributed by atoms with E-state index in [-0.39, 0.29) is 6.54 Å². The molecular formula is C11H9ClF2INO3. The van der Waals surface area contributed by atoms with E-state index in [2.05, 4.69) is 10.1 Å². The zero-order valence-electron chi connectivity index (χ0n) is 9.68. The number of carbonyl (C=O) groups is 2. The number of methoxy groups -OCH3 is 1. The Labute approximate surface area is 126 Å². The van der Waals surface area contributed by atoms with E-state index in [4.69, 9.17) is 11.6 Å². The van der Waals surface area contributed by atoms with Crippen molar-refractivity contribution in [2.45, 2.75) is 3.92 Å². The van der Waals surface area contributed by atoms with Gasteiger partial charge in [0.1, 0.15) is 15.6 Å². The summed E-state index contributed by atoms with van der Waals surface area (Å²) in [6, 6.07) is 1.42. The fraction of sp³-hybridized carbons (Fsp3) is 0.273. The molecule has 0 radical (unpaired) electrons. The quantitative estimate of drug-likeness (QED) is 0.363. The third-order valence-corrected chi connectivity index (χ3v) is 3.39. The summed E-state index contributed by atoms with van der Waals surface area (Å²) in [4.78, 5) is 22.7. The van der Waals surface area contributed by atoms with Gasteiger partial charge in [-0.1, -0.05) is 34.2 Å². The van der Waals surface area contributed by atoms with Gasteiger partial charge >= 0.3 is 5.97 Å². The standard InChI is InChI=1S/C11H9ClF2INO3/c1-19-11(18)9(15)4-16-10(17)5-2-8(14)6(12)3-7(5)13/h2-3,9H,4H2,1H3,(H,16,17). The molecule has 0 aromatic heterocycles. The Balaban J connectivity index is 2.74. The Bertz CT molecular complexity index is 513. The molecule has 0 saturated carbocycles. The third kappa shape index (κ3) is 4.27. The molecule has 1 aromatic carbocycles. The minimum absolute atomic E-state index is 0.0598. The fourth-order valence-electron chi connectivity index (χ4n) is 1.19. The van der Waals surface area contributed by atoms with E-state index in [0.29, 0.717) is 12.1 Å². The van der Waals surface area contributed by atoms with E-state index in [1.807, 2.05) is 0 Å². The zero-order valence-corrected chi connectivity index (χ0v) is 12.6. The van der Waals surface area contributed by atoms with Crippen LogP contribution in [0.3, 0.4) is 0 Å². The molecule has 0 saturated heterocycles. The monoisotopic (exact) mass is 403 g/mol. The van der Waals surface area contributed by atoms with Crippen LogP contribution in [0.25, 0.3) is 0 Å². The summed E-state index contributed by atoms with van der Waals surface area (Å²) in [5.74, 6) is -3.19. The average molecular weight is 404 g/mol. The Morgan fingerprint density at radius 1 is 1.42 bits per heavy atom. The van der Waals surface area contributed by atoms with E-state index in [9.17, 15) is 18.4 Å². The SMILES string of the molecule is COC(=O)C(I)CNC(=O)c1cc(F)c(Cl)cc1F. The number of nitrogens with one attached hydrogen (secondary N) is 1. The molecule has 0 spiro atoms. The topological polar surface area (TPSA) is 55.4 Å². The van der Waals surface area contributed by atoms with Gasteiger partial charge in [0, 0.05) is 6.54 Å². The van der Waals surface area contributed by atoms with Gasteiger partial charge in [0.25, 0.3) is 5.91 Å². The van der Waals surface area contributed by atoms with Gasteiger partial charge in [-0.2, -0.15) is 0 Å². The number of amides is 1. The average Bonchev–Trinajstić information content (AvgIpc) is 2.38. The maximum absolute atomic E-state index is 13.4. The Morgan fingerprint density at radius 2 is 2.05 bits per heavy atom. The molecule has 4 nitrogen and oxygen atoms in total. The second-order valence-corrected chi connectivity index (χ2v) is 5.36. The van der Waals surface area contributed by atoms with Crippen molar-refractivity contribution in [3.05, 3.63) is 34.4 Å². The normalized spacial score (nSPS) is 11.8. The molecule has 1 atom stereocenters. The van der Waals surface area contributed by atoms with Crippen LogP contribution < -0.4 is 5.32 Å². The van der Waals surface area contributed by atoms with Crippen molar-refractivity contribution in [3.8, 4) is 0 Å². The maximum Gasteiger partial charge on any atom is 0.320 e. The van der Waals surface area contributed by atoms with Crippen LogP contribution in [0.4, 0.5) is 8.78 Å². The van der Waals surface area contributed by atoms with Crippen LogP contribution in [0.5, 0.6) is 0 Å². The highest BCUT2D eigenvalue weighted by atomic mass is 127. The summed E-state index contributed by atoms with van der Waals surface area (Å²) in [5, 5.41) is 1.90. The Hall–Kier alpha value is -0.960. The summed E-state index contributed by atoms with van der Waals surface area (Å²) in [6.45, 7) is -0.0598. The van der Waals surface area contributed by atoms with Crippen LogP contribution in [0.1, 0.15) is 10.4 Å². The highest BCUT2D eigenvalue weighted by Gasteiger charge is 2.19. The largest absolute Gasteiger partial charge is 0.468 e. The molecule has 0 aliphatic heterocycles. The molecule has 0 fully saturated rings. The summed E-state index contributed by atoms with van der Waals surface area (Å²) < 4.78 is 30.4. The van der Waals surface area contributed by atoms with Crippen molar-refractivity contribution in [1.82, 2.24) is 5.32 Å². The molecule has 1 unspecified atom stereocenters. The van der Waals surface area contributed by atoms with Gasteiger partial charge in [-0.3, -0.25) is 9.59 Å². The van der Waals surface area contributed by atoms with Crippen LogP contribution in [-0.4, -0.2) is 29.5 Å². The number of esters is 1. The smallest absolute Gasteiger partial charge is 0.320 e. The van der Waals surface area contributed by atoms with E-state index < -0.39 is 38.0 Å². The van der Waals surface area contributed by atoms with Gasteiger partial charge in [-0.05, 0) is 12.1 Å². The molecule has 8 heteroatoms. The van der Waals surface area contributed by atoms with Crippen LogP contribution in [0.2, 0.25) is 5.02 Å². The number of benzene rings is 1. The minimum Gasteiger partial charge on any atom is -0.468 e. The van der Waals surface area contributed by atoms with Crippen LogP contribution >= 0.6 is 34.2 Å². The lowest BCUT2D eigenvalue weighted by atomic mass is 10.2. The van der Waals surface area contributed by atoms with Crippen molar-refractivity contribution < 1.29 is 23.1 Å². The third-order valence-electron chi connectivity index (χ3n) is 2.15. The number of carbonyl (C=O) groups excluding carboxylic acids is 2. The van der Waals surface area contributed by atoms with Gasteiger partial charge in [-0.15, -0.1) is 0 Å². The summed E-state index contributed by atoms with van der Waals surface area (Å²) in [5.41, 5.74) is -0.477. The van der Waals surface area contributed by atoms with E-state index in [0.717, 1.165) is 0 Å². The first-order valence-electron chi connectivity index (χ1n) is 5.01. The number of rotatable bonds is 4. The van der Waals surface area contributed by atoms with Crippen molar-refractivity contribution in [3.63, 3.8) is 0 Å². The van der Waals surface area contributed by atoms with Crippen LogP contribution in [0.15, 0.2) is 12.1 Å². The first-order valence-corrected chi connectivity index (χ1v) is 6.63. The highest BCUT2D eigenvalue weighted by molar-refractivity contribution is 14.1. The Kier molecular flexibility index (Phi) is 5.92. The number of hydrogen-bond acceptors (Lipinski definition) is 3.